The molecule has 0 bridgehead atoms. The first-order valence-corrected chi connectivity index (χ1v) is 14.8. The molecule has 0 nitrogen and oxygen atoms in total. The first kappa shape index (κ1) is 21.0. The molecule has 2 aliphatic carbocycles. The Morgan fingerprint density at radius 2 is 1.59 bits per heavy atom. The molecule has 0 N–H and O–H groups in total. The van der Waals surface area contributed by atoms with Gasteiger partial charge in [0.1, 0.15) is 0 Å². The molecule has 0 aromatic heterocycles. The molecule has 150 valence electrons. The van der Waals surface area contributed by atoms with Gasteiger partial charge in [0.05, 0.1) is 0 Å². The average Bonchev–Trinajstić information content (AvgIpc) is 3.14. The minimum atomic E-state index is -1.08. The van der Waals surface area contributed by atoms with Crippen LogP contribution in [-0.2, 0) is 29.3 Å². The summed E-state index contributed by atoms with van der Waals surface area (Å²) in [6, 6.07) is 13.8. The topological polar surface area (TPSA) is 0 Å². The van der Waals surface area contributed by atoms with Crippen LogP contribution in [-0.4, -0.2) is 0 Å². The van der Waals surface area contributed by atoms with E-state index in [1.807, 2.05) is 3.33 Å². The number of hydrogen-bond donors (Lipinski definition) is 0. The summed E-state index contributed by atoms with van der Waals surface area (Å²) in [6.07, 6.45) is 6.47. The SMILES string of the molecule is CCCCCC1=[C]([Hf][C]2(C)C(C)=C(C)C(C)=C2C)Cc2ccc3ccccc3c21. The van der Waals surface area contributed by atoms with Gasteiger partial charge in [-0.1, -0.05) is 0 Å². The maximum absolute atomic E-state index is 2.57. The molecule has 1 heteroatoms. The number of rotatable bonds is 6. The predicted molar refractivity (Wildman–Crippen MR) is 124 cm³/mol. The van der Waals surface area contributed by atoms with Gasteiger partial charge < -0.3 is 0 Å². The van der Waals surface area contributed by atoms with E-state index < -0.39 is 22.9 Å². The number of unbranched alkanes of at least 4 members (excludes halogenated alkanes) is 2. The van der Waals surface area contributed by atoms with Gasteiger partial charge in [-0.15, -0.1) is 0 Å². The van der Waals surface area contributed by atoms with Crippen LogP contribution in [0.2, 0.25) is 3.17 Å². The zero-order chi connectivity index (χ0) is 20.8. The average molecular weight is 549 g/mol. The Morgan fingerprint density at radius 1 is 0.897 bits per heavy atom. The summed E-state index contributed by atoms with van der Waals surface area (Å²) in [4.78, 5) is 0. The monoisotopic (exact) mass is 550 g/mol. The van der Waals surface area contributed by atoms with Crippen LogP contribution in [0.5, 0.6) is 0 Å². The van der Waals surface area contributed by atoms with E-state index in [1.165, 1.54) is 42.9 Å². The summed E-state index contributed by atoms with van der Waals surface area (Å²) in [5, 5.41) is 2.89. The van der Waals surface area contributed by atoms with Gasteiger partial charge in [0.15, 0.2) is 0 Å². The van der Waals surface area contributed by atoms with Crippen molar-refractivity contribution in [2.75, 3.05) is 0 Å². The molecule has 0 saturated heterocycles. The van der Waals surface area contributed by atoms with Crippen LogP contribution in [0, 0.1) is 0 Å². The molecule has 0 fully saturated rings. The second kappa shape index (κ2) is 8.14. The van der Waals surface area contributed by atoms with Crippen LogP contribution < -0.4 is 0 Å². The Morgan fingerprint density at radius 3 is 2.28 bits per heavy atom. The van der Waals surface area contributed by atoms with Gasteiger partial charge in [-0.25, -0.2) is 0 Å². The zero-order valence-corrected chi connectivity index (χ0v) is 22.6. The Kier molecular flexibility index (Phi) is 5.90. The van der Waals surface area contributed by atoms with E-state index in [0.717, 1.165) is 0 Å². The van der Waals surface area contributed by atoms with Crippen molar-refractivity contribution < 1.29 is 22.9 Å². The molecular weight excluding hydrogens is 515 g/mol. The third-order valence-electron chi connectivity index (χ3n) is 7.67. The molecule has 0 aliphatic heterocycles. The van der Waals surface area contributed by atoms with E-state index in [4.69, 9.17) is 0 Å². The van der Waals surface area contributed by atoms with Crippen molar-refractivity contribution in [3.63, 3.8) is 0 Å². The van der Waals surface area contributed by atoms with E-state index in [9.17, 15) is 0 Å². The standard InChI is InChI=1S/C18H19.C10H15.Hf/c1-2-3-4-8-15-12-13-16-11-10-14-7-5-6-9-17(14)18(15)16;1-6-7(2)9(4)10(5)8(6)3;/h5-7,9-11H,2-4,8,13H2,1H3;1-5H3;. The minimum absolute atomic E-state index is 0.372. The summed E-state index contributed by atoms with van der Waals surface area (Å²) in [7, 11) is 0. The fourth-order valence-electron chi connectivity index (χ4n) is 5.30. The van der Waals surface area contributed by atoms with Crippen molar-refractivity contribution in [2.24, 2.45) is 0 Å². The molecule has 0 amide bonds. The molecule has 0 heterocycles. The third kappa shape index (κ3) is 3.48. The van der Waals surface area contributed by atoms with Gasteiger partial charge in [0, 0.05) is 0 Å². The van der Waals surface area contributed by atoms with E-state index >= 15 is 0 Å². The molecule has 0 atom stereocenters. The van der Waals surface area contributed by atoms with Crippen LogP contribution in [0.25, 0.3) is 16.3 Å². The number of benzene rings is 2. The summed E-state index contributed by atoms with van der Waals surface area (Å²) >= 11 is -1.08. The zero-order valence-electron chi connectivity index (χ0n) is 19.0. The second-order valence-corrected chi connectivity index (χ2v) is 15.8. The second-order valence-electron chi connectivity index (χ2n) is 9.16. The van der Waals surface area contributed by atoms with E-state index in [-0.39, 0.29) is 0 Å². The van der Waals surface area contributed by atoms with Crippen molar-refractivity contribution in [1.29, 1.82) is 0 Å². The van der Waals surface area contributed by atoms with Crippen LogP contribution in [0.1, 0.15) is 78.4 Å². The molecule has 29 heavy (non-hydrogen) atoms. The maximum atomic E-state index is 2.57. The van der Waals surface area contributed by atoms with Crippen LogP contribution in [0.4, 0.5) is 0 Å². The normalized spacial score (nSPS) is 18.3. The number of fused-ring (bicyclic) bond motifs is 3. The first-order valence-electron chi connectivity index (χ1n) is 11.3. The van der Waals surface area contributed by atoms with Gasteiger partial charge in [-0.3, -0.25) is 0 Å². The molecule has 2 aromatic rings. The van der Waals surface area contributed by atoms with Crippen LogP contribution in [0.3, 0.4) is 0 Å². The number of hydrogen-bond acceptors (Lipinski definition) is 0. The summed E-state index contributed by atoms with van der Waals surface area (Å²) < 4.78 is 2.26. The van der Waals surface area contributed by atoms with E-state index in [2.05, 4.69) is 77.9 Å². The van der Waals surface area contributed by atoms with Crippen molar-refractivity contribution in [3.05, 3.63) is 73.1 Å². The van der Waals surface area contributed by atoms with Gasteiger partial charge in [0.2, 0.25) is 0 Å². The molecule has 0 spiro atoms. The molecule has 0 saturated carbocycles. The molecule has 0 unspecified atom stereocenters. The van der Waals surface area contributed by atoms with Crippen molar-refractivity contribution in [1.82, 2.24) is 0 Å². The van der Waals surface area contributed by atoms with E-state index in [0.29, 0.717) is 3.17 Å². The fraction of sp³-hybridized carbons (Fsp3) is 0.429. The summed E-state index contributed by atoms with van der Waals surface area (Å²) in [5.41, 5.74) is 11.4. The molecule has 4 rings (SSSR count). The third-order valence-corrected chi connectivity index (χ3v) is 15.0. The van der Waals surface area contributed by atoms with Crippen molar-refractivity contribution in [3.8, 4) is 0 Å². The summed E-state index contributed by atoms with van der Waals surface area (Å²) in [5.74, 6) is 0. The summed E-state index contributed by atoms with van der Waals surface area (Å²) in [6.45, 7) is 14.4. The first-order chi connectivity index (χ1) is 13.9. The van der Waals surface area contributed by atoms with Crippen molar-refractivity contribution in [2.45, 2.75) is 76.8 Å². The predicted octanol–water partition coefficient (Wildman–Crippen LogP) is 8.63. The van der Waals surface area contributed by atoms with Gasteiger partial charge in [0.25, 0.3) is 0 Å². The molecule has 2 aromatic carbocycles. The van der Waals surface area contributed by atoms with Crippen molar-refractivity contribution >= 4 is 16.3 Å². The Bertz CT molecular complexity index is 1040. The van der Waals surface area contributed by atoms with Crippen LogP contribution in [0.15, 0.2) is 62.0 Å². The Balaban J connectivity index is 1.81. The Hall–Kier alpha value is -1.21. The fourth-order valence-corrected chi connectivity index (χ4v) is 12.6. The van der Waals surface area contributed by atoms with E-state index in [1.54, 1.807) is 39.0 Å². The van der Waals surface area contributed by atoms with Gasteiger partial charge in [-0.05, 0) is 0 Å². The number of allylic oxidation sites excluding steroid dienone is 6. The molecule has 0 radical (unpaired) electrons. The Labute approximate surface area is 188 Å². The molecular formula is C28H34Hf. The van der Waals surface area contributed by atoms with Gasteiger partial charge >= 0.3 is 189 Å². The quantitative estimate of drug-likeness (QED) is 0.250. The van der Waals surface area contributed by atoms with Gasteiger partial charge in [-0.2, -0.15) is 0 Å². The molecule has 2 aliphatic rings. The van der Waals surface area contributed by atoms with Crippen LogP contribution >= 0.6 is 0 Å².